The van der Waals surface area contributed by atoms with Crippen molar-refractivity contribution in [1.82, 2.24) is 21.3 Å². The predicted octanol–water partition coefficient (Wildman–Crippen LogP) is -1.66. The number of carboxylic acids is 1. The first kappa shape index (κ1) is 22.8. The van der Waals surface area contributed by atoms with Gasteiger partial charge in [0.2, 0.25) is 17.7 Å². The van der Waals surface area contributed by atoms with E-state index in [1.54, 1.807) is 0 Å². The monoisotopic (exact) mass is 386 g/mol. The molecule has 154 valence electrons. The lowest BCUT2D eigenvalue weighted by Gasteiger charge is -2.24. The van der Waals surface area contributed by atoms with E-state index in [9.17, 15) is 29.4 Å². The number of carbonyl (C=O) groups excluding carboxylic acids is 3. The molecule has 10 nitrogen and oxygen atoms in total. The lowest BCUT2D eigenvalue weighted by molar-refractivity contribution is -0.143. The van der Waals surface area contributed by atoms with Gasteiger partial charge in [0.1, 0.15) is 12.1 Å². The number of aliphatic hydroxyl groups excluding tert-OH is 1. The summed E-state index contributed by atoms with van der Waals surface area (Å²) in [7, 11) is 0. The Hall–Kier alpha value is -2.20. The van der Waals surface area contributed by atoms with Gasteiger partial charge in [0.15, 0.2) is 0 Å². The van der Waals surface area contributed by atoms with Gasteiger partial charge in [0, 0.05) is 0 Å². The molecule has 0 spiro atoms. The first-order chi connectivity index (χ1) is 12.6. The van der Waals surface area contributed by atoms with Gasteiger partial charge in [-0.05, 0) is 38.6 Å². The van der Waals surface area contributed by atoms with Crippen molar-refractivity contribution in [2.24, 2.45) is 5.92 Å². The van der Waals surface area contributed by atoms with Crippen molar-refractivity contribution in [3.63, 3.8) is 0 Å². The lowest BCUT2D eigenvalue weighted by Crippen LogP contribution is -2.57. The molecule has 0 saturated carbocycles. The summed E-state index contributed by atoms with van der Waals surface area (Å²) in [5, 5.41) is 29.1. The molecule has 1 rings (SSSR count). The fraction of sp³-hybridized carbons (Fsp3) is 0.765. The molecule has 4 unspecified atom stereocenters. The zero-order chi connectivity index (χ0) is 20.6. The molecule has 0 aliphatic carbocycles. The van der Waals surface area contributed by atoms with Crippen LogP contribution in [0.25, 0.3) is 0 Å². The third kappa shape index (κ3) is 7.92. The minimum absolute atomic E-state index is 0.0328. The third-order valence-electron chi connectivity index (χ3n) is 4.20. The summed E-state index contributed by atoms with van der Waals surface area (Å²) >= 11 is 0. The van der Waals surface area contributed by atoms with Crippen molar-refractivity contribution < 1.29 is 29.4 Å². The average molecular weight is 386 g/mol. The Morgan fingerprint density at radius 3 is 2.30 bits per heavy atom. The molecule has 1 aliphatic rings. The molecule has 27 heavy (non-hydrogen) atoms. The number of rotatable bonds is 10. The Bertz CT molecular complexity index is 546. The van der Waals surface area contributed by atoms with Crippen LogP contribution in [0.3, 0.4) is 0 Å². The standard InChI is InChI=1S/C17H30N4O6/c1-9(2)7-12(17(26)27)20-16(25)14(10(3)22)21-13(23)8-19-15(24)11-5-4-6-18-11/h9-12,14,18,22H,4-8H2,1-3H3,(H,19,24)(H,20,25)(H,21,23)(H,26,27). The number of carbonyl (C=O) groups is 4. The SMILES string of the molecule is CC(C)CC(NC(=O)C(NC(=O)CNC(=O)C1CCCN1)C(C)O)C(=O)O. The van der Waals surface area contributed by atoms with Crippen LogP contribution in [0.1, 0.15) is 40.0 Å². The Morgan fingerprint density at radius 1 is 1.15 bits per heavy atom. The molecule has 1 fully saturated rings. The van der Waals surface area contributed by atoms with Crippen LogP contribution in [0.4, 0.5) is 0 Å². The fourth-order valence-electron chi connectivity index (χ4n) is 2.78. The molecule has 1 saturated heterocycles. The van der Waals surface area contributed by atoms with Crippen LogP contribution < -0.4 is 21.3 Å². The second-order valence-electron chi connectivity index (χ2n) is 7.18. The van der Waals surface area contributed by atoms with Crippen molar-refractivity contribution in [3.05, 3.63) is 0 Å². The molecule has 0 aromatic heterocycles. The van der Waals surface area contributed by atoms with Gasteiger partial charge >= 0.3 is 5.97 Å². The van der Waals surface area contributed by atoms with Crippen molar-refractivity contribution in [2.75, 3.05) is 13.1 Å². The fourth-order valence-corrected chi connectivity index (χ4v) is 2.78. The maximum Gasteiger partial charge on any atom is 0.326 e. The van der Waals surface area contributed by atoms with Crippen LogP contribution in [0.2, 0.25) is 0 Å². The van der Waals surface area contributed by atoms with E-state index in [-0.39, 0.29) is 30.8 Å². The third-order valence-corrected chi connectivity index (χ3v) is 4.20. The molecule has 0 aromatic rings. The number of hydrogen-bond acceptors (Lipinski definition) is 6. The largest absolute Gasteiger partial charge is 0.480 e. The summed E-state index contributed by atoms with van der Waals surface area (Å²) in [6.45, 7) is 5.34. The number of aliphatic carboxylic acids is 1. The van der Waals surface area contributed by atoms with Gasteiger partial charge in [-0.1, -0.05) is 13.8 Å². The first-order valence-corrected chi connectivity index (χ1v) is 9.13. The van der Waals surface area contributed by atoms with Crippen molar-refractivity contribution in [1.29, 1.82) is 0 Å². The Kier molecular flexibility index (Phi) is 9.16. The summed E-state index contributed by atoms with van der Waals surface area (Å²) in [6.07, 6.45) is 0.551. The van der Waals surface area contributed by atoms with E-state index in [4.69, 9.17) is 0 Å². The Balaban J connectivity index is 2.57. The number of nitrogens with one attached hydrogen (secondary N) is 4. The molecule has 3 amide bonds. The van der Waals surface area contributed by atoms with Gasteiger partial charge in [-0.2, -0.15) is 0 Å². The molecule has 6 N–H and O–H groups in total. The van der Waals surface area contributed by atoms with Gasteiger partial charge in [-0.15, -0.1) is 0 Å². The van der Waals surface area contributed by atoms with E-state index in [0.29, 0.717) is 6.42 Å². The van der Waals surface area contributed by atoms with Gasteiger partial charge in [-0.3, -0.25) is 14.4 Å². The number of amides is 3. The minimum Gasteiger partial charge on any atom is -0.480 e. The molecule has 10 heteroatoms. The molecule has 0 radical (unpaired) electrons. The van der Waals surface area contributed by atoms with Crippen molar-refractivity contribution in [2.45, 2.75) is 64.3 Å². The highest BCUT2D eigenvalue weighted by Gasteiger charge is 2.30. The van der Waals surface area contributed by atoms with E-state index in [0.717, 1.165) is 13.0 Å². The van der Waals surface area contributed by atoms with Crippen molar-refractivity contribution >= 4 is 23.7 Å². The van der Waals surface area contributed by atoms with E-state index in [1.807, 2.05) is 13.8 Å². The highest BCUT2D eigenvalue weighted by atomic mass is 16.4. The normalized spacial score (nSPS) is 19.8. The molecule has 1 aliphatic heterocycles. The van der Waals surface area contributed by atoms with Crippen LogP contribution in [0, 0.1) is 5.92 Å². The number of aliphatic hydroxyl groups is 1. The highest BCUT2D eigenvalue weighted by molar-refractivity contribution is 5.92. The average Bonchev–Trinajstić information content (AvgIpc) is 3.10. The smallest absolute Gasteiger partial charge is 0.326 e. The van der Waals surface area contributed by atoms with Crippen LogP contribution in [-0.2, 0) is 19.2 Å². The zero-order valence-electron chi connectivity index (χ0n) is 15.9. The second-order valence-corrected chi connectivity index (χ2v) is 7.18. The van der Waals surface area contributed by atoms with E-state index in [1.165, 1.54) is 6.92 Å². The highest BCUT2D eigenvalue weighted by Crippen LogP contribution is 2.06. The number of carboxylic acid groups (broad SMARTS) is 1. The van der Waals surface area contributed by atoms with Crippen LogP contribution in [-0.4, -0.2) is 71.2 Å². The van der Waals surface area contributed by atoms with Gasteiger partial charge < -0.3 is 31.5 Å². The van der Waals surface area contributed by atoms with E-state index >= 15 is 0 Å². The number of hydrogen-bond donors (Lipinski definition) is 6. The van der Waals surface area contributed by atoms with E-state index in [2.05, 4.69) is 21.3 Å². The maximum atomic E-state index is 12.3. The molecular formula is C17H30N4O6. The quantitative estimate of drug-likeness (QED) is 0.262. The topological polar surface area (TPSA) is 157 Å². The van der Waals surface area contributed by atoms with E-state index < -0.39 is 36.0 Å². The zero-order valence-corrected chi connectivity index (χ0v) is 15.9. The molecule has 0 aromatic carbocycles. The van der Waals surface area contributed by atoms with Crippen LogP contribution in [0.15, 0.2) is 0 Å². The Labute approximate surface area is 158 Å². The summed E-state index contributed by atoms with van der Waals surface area (Å²) in [4.78, 5) is 47.5. The Morgan fingerprint density at radius 2 is 1.81 bits per heavy atom. The minimum atomic E-state index is -1.33. The van der Waals surface area contributed by atoms with Gasteiger partial charge in [-0.25, -0.2) is 4.79 Å². The molecule has 4 atom stereocenters. The molecule has 0 bridgehead atoms. The van der Waals surface area contributed by atoms with Crippen LogP contribution >= 0.6 is 0 Å². The summed E-state index contributed by atoms with van der Waals surface area (Å²) < 4.78 is 0. The van der Waals surface area contributed by atoms with Crippen LogP contribution in [0.5, 0.6) is 0 Å². The molecule has 1 heterocycles. The van der Waals surface area contributed by atoms with Gasteiger partial charge in [0.25, 0.3) is 0 Å². The molecular weight excluding hydrogens is 356 g/mol. The summed E-state index contributed by atoms with van der Waals surface area (Å²) in [5.74, 6) is -2.91. The van der Waals surface area contributed by atoms with Crippen molar-refractivity contribution in [3.8, 4) is 0 Å². The maximum absolute atomic E-state index is 12.3. The van der Waals surface area contributed by atoms with Gasteiger partial charge in [0.05, 0.1) is 18.7 Å². The first-order valence-electron chi connectivity index (χ1n) is 9.13. The lowest BCUT2D eigenvalue weighted by atomic mass is 10.0. The second kappa shape index (κ2) is 10.8. The summed E-state index contributed by atoms with van der Waals surface area (Å²) in [6, 6.07) is -2.78. The predicted molar refractivity (Wildman–Crippen MR) is 96.7 cm³/mol. The summed E-state index contributed by atoms with van der Waals surface area (Å²) in [5.41, 5.74) is 0.